The van der Waals surface area contributed by atoms with E-state index in [-0.39, 0.29) is 18.4 Å². The molecule has 0 saturated carbocycles. The summed E-state index contributed by atoms with van der Waals surface area (Å²) in [5.41, 5.74) is 0.821. The van der Waals surface area contributed by atoms with Crippen molar-refractivity contribution in [3.05, 3.63) is 16.3 Å². The number of fused-ring (bicyclic) bond motifs is 1. The molecule has 2 aliphatic heterocycles. The van der Waals surface area contributed by atoms with Crippen molar-refractivity contribution in [1.82, 2.24) is 24.7 Å². The zero-order valence-corrected chi connectivity index (χ0v) is 19.6. The van der Waals surface area contributed by atoms with Gasteiger partial charge in [0.2, 0.25) is 11.8 Å². The maximum Gasteiger partial charge on any atom is 0.264 e. The molecule has 2 aromatic heterocycles. The molecule has 2 fully saturated rings. The van der Waals surface area contributed by atoms with E-state index in [0.29, 0.717) is 67.3 Å². The lowest BCUT2D eigenvalue weighted by molar-refractivity contribution is -0.134. The van der Waals surface area contributed by atoms with Crippen LogP contribution >= 0.6 is 11.3 Å². The second-order valence-corrected chi connectivity index (χ2v) is 8.88. The van der Waals surface area contributed by atoms with Crippen LogP contribution in [0.3, 0.4) is 0 Å². The fourth-order valence-corrected chi connectivity index (χ4v) is 5.20. The number of rotatable bonds is 6. The monoisotopic (exact) mass is 463 g/mol. The van der Waals surface area contributed by atoms with Gasteiger partial charge in [0.05, 0.1) is 37.1 Å². The van der Waals surface area contributed by atoms with Crippen LogP contribution in [-0.2, 0) is 20.9 Å². The quantitative estimate of drug-likeness (QED) is 0.620. The van der Waals surface area contributed by atoms with Crippen LogP contribution in [0.25, 0.3) is 10.2 Å². The summed E-state index contributed by atoms with van der Waals surface area (Å²) in [6, 6.07) is 0. The molecule has 32 heavy (non-hydrogen) atoms. The first-order valence-corrected chi connectivity index (χ1v) is 11.5. The van der Waals surface area contributed by atoms with Crippen LogP contribution < -0.4 is 4.74 Å². The van der Waals surface area contributed by atoms with E-state index in [2.05, 4.69) is 14.9 Å². The van der Waals surface area contributed by atoms with Crippen molar-refractivity contribution in [1.29, 1.82) is 0 Å². The van der Waals surface area contributed by atoms with Gasteiger partial charge in [0.15, 0.2) is 5.82 Å². The third-order valence-corrected chi connectivity index (χ3v) is 7.02. The molecule has 11 heteroatoms. The van der Waals surface area contributed by atoms with Gasteiger partial charge in [-0.15, -0.1) is 11.3 Å². The number of ether oxygens (including phenoxy) is 3. The van der Waals surface area contributed by atoms with E-state index < -0.39 is 0 Å². The highest BCUT2D eigenvalue weighted by Crippen LogP contribution is 2.35. The number of aryl methyl sites for hydroxylation is 1. The van der Waals surface area contributed by atoms with E-state index in [9.17, 15) is 9.59 Å². The van der Waals surface area contributed by atoms with Crippen molar-refractivity contribution in [2.24, 2.45) is 0 Å². The van der Waals surface area contributed by atoms with E-state index in [1.54, 1.807) is 14.2 Å². The fraction of sp³-hybridized carbons (Fsp3) is 0.619. The van der Waals surface area contributed by atoms with Crippen LogP contribution in [0.5, 0.6) is 5.88 Å². The standard InChI is InChI=1S/C21H29N5O5S/c1-14-17-19(30-3)22-15(13-29-2)23-20(17)32-18(14)21(28)26-6-4-25(5-7-26)16(27)12-24-8-10-31-11-9-24/h4-13H2,1-3H3. The van der Waals surface area contributed by atoms with E-state index in [1.165, 1.54) is 11.3 Å². The Hall–Kier alpha value is -2.34. The number of methoxy groups -OCH3 is 2. The Morgan fingerprint density at radius 1 is 1.03 bits per heavy atom. The second kappa shape index (κ2) is 10.1. The molecule has 0 bridgehead atoms. The summed E-state index contributed by atoms with van der Waals surface area (Å²) in [6.45, 7) is 7.61. The fourth-order valence-electron chi connectivity index (χ4n) is 4.04. The van der Waals surface area contributed by atoms with Crippen molar-refractivity contribution in [3.63, 3.8) is 0 Å². The van der Waals surface area contributed by atoms with Crippen LogP contribution in [0.4, 0.5) is 0 Å². The minimum absolute atomic E-state index is 0.0406. The predicted octanol–water partition coefficient (Wildman–Crippen LogP) is 0.771. The molecular formula is C21H29N5O5S. The first-order chi connectivity index (χ1) is 15.5. The molecule has 0 atom stereocenters. The number of thiophene rings is 1. The van der Waals surface area contributed by atoms with E-state index in [0.717, 1.165) is 24.0 Å². The average molecular weight is 464 g/mol. The largest absolute Gasteiger partial charge is 0.480 e. The summed E-state index contributed by atoms with van der Waals surface area (Å²) < 4.78 is 15.9. The molecule has 174 valence electrons. The highest BCUT2D eigenvalue weighted by Gasteiger charge is 2.29. The molecule has 0 aromatic carbocycles. The zero-order valence-electron chi connectivity index (χ0n) is 18.8. The molecular weight excluding hydrogens is 434 g/mol. The number of nitrogens with zero attached hydrogens (tertiary/aromatic N) is 5. The van der Waals surface area contributed by atoms with Crippen molar-refractivity contribution in [2.75, 3.05) is 73.2 Å². The summed E-state index contributed by atoms with van der Waals surface area (Å²) in [7, 11) is 3.14. The van der Waals surface area contributed by atoms with Crippen molar-refractivity contribution >= 4 is 33.4 Å². The average Bonchev–Trinajstić information content (AvgIpc) is 3.15. The molecule has 0 radical (unpaired) electrons. The van der Waals surface area contributed by atoms with Crippen LogP contribution in [0, 0.1) is 6.92 Å². The SMILES string of the molecule is COCc1nc(OC)c2c(C)c(C(=O)N3CCN(C(=O)CN4CCOCC4)CC3)sc2n1. The van der Waals surface area contributed by atoms with Gasteiger partial charge >= 0.3 is 0 Å². The first kappa shape index (κ1) is 22.8. The third-order valence-electron chi connectivity index (χ3n) is 5.85. The summed E-state index contributed by atoms with van der Waals surface area (Å²) in [5, 5.41) is 0.764. The topological polar surface area (TPSA) is 97.3 Å². The zero-order chi connectivity index (χ0) is 22.7. The van der Waals surface area contributed by atoms with Crippen molar-refractivity contribution in [2.45, 2.75) is 13.5 Å². The molecule has 0 aliphatic carbocycles. The number of hydrogen-bond acceptors (Lipinski definition) is 9. The number of carbonyl (C=O) groups is 2. The minimum Gasteiger partial charge on any atom is -0.480 e. The normalized spacial score (nSPS) is 17.7. The third kappa shape index (κ3) is 4.70. The Kier molecular flexibility index (Phi) is 7.19. The molecule has 0 N–H and O–H groups in total. The lowest BCUT2D eigenvalue weighted by Crippen LogP contribution is -2.53. The molecule has 2 aromatic rings. The van der Waals surface area contributed by atoms with Crippen molar-refractivity contribution < 1.29 is 23.8 Å². The summed E-state index contributed by atoms with van der Waals surface area (Å²) in [5.74, 6) is 1.04. The van der Waals surface area contributed by atoms with Gasteiger partial charge in [-0.3, -0.25) is 14.5 Å². The van der Waals surface area contributed by atoms with Gasteiger partial charge in [-0.25, -0.2) is 4.98 Å². The molecule has 10 nitrogen and oxygen atoms in total. The van der Waals surface area contributed by atoms with Gasteiger partial charge < -0.3 is 24.0 Å². The van der Waals surface area contributed by atoms with Crippen LogP contribution in [-0.4, -0.2) is 110 Å². The van der Waals surface area contributed by atoms with Gasteiger partial charge in [0.25, 0.3) is 5.91 Å². The predicted molar refractivity (Wildman–Crippen MR) is 119 cm³/mol. The molecule has 2 amide bonds. The maximum atomic E-state index is 13.3. The lowest BCUT2D eigenvalue weighted by atomic mass is 10.2. The summed E-state index contributed by atoms with van der Waals surface area (Å²) in [4.78, 5) is 42.0. The van der Waals surface area contributed by atoms with Gasteiger partial charge in [0, 0.05) is 46.4 Å². The number of hydrogen-bond donors (Lipinski definition) is 0. The van der Waals surface area contributed by atoms with Crippen LogP contribution in [0.15, 0.2) is 0 Å². The number of piperazine rings is 1. The molecule has 4 rings (SSSR count). The Bertz CT molecular complexity index is 983. The Labute approximate surface area is 191 Å². The van der Waals surface area contributed by atoms with Crippen LogP contribution in [0.2, 0.25) is 0 Å². The number of morpholine rings is 1. The highest BCUT2D eigenvalue weighted by atomic mass is 32.1. The smallest absolute Gasteiger partial charge is 0.264 e. The highest BCUT2D eigenvalue weighted by molar-refractivity contribution is 7.20. The van der Waals surface area contributed by atoms with E-state index in [4.69, 9.17) is 14.2 Å². The number of carbonyl (C=O) groups excluding carboxylic acids is 2. The van der Waals surface area contributed by atoms with Gasteiger partial charge in [-0.05, 0) is 12.5 Å². The summed E-state index contributed by atoms with van der Waals surface area (Å²) in [6.07, 6.45) is 0. The maximum absolute atomic E-state index is 13.3. The number of amides is 2. The minimum atomic E-state index is -0.0406. The van der Waals surface area contributed by atoms with Gasteiger partial charge in [-0.1, -0.05) is 0 Å². The van der Waals surface area contributed by atoms with Crippen molar-refractivity contribution in [3.8, 4) is 5.88 Å². The Balaban J connectivity index is 1.43. The second-order valence-electron chi connectivity index (χ2n) is 7.88. The lowest BCUT2D eigenvalue weighted by Gasteiger charge is -2.36. The first-order valence-electron chi connectivity index (χ1n) is 10.7. The Morgan fingerprint density at radius 2 is 1.72 bits per heavy atom. The van der Waals surface area contributed by atoms with E-state index in [1.807, 2.05) is 16.7 Å². The Morgan fingerprint density at radius 3 is 2.38 bits per heavy atom. The summed E-state index contributed by atoms with van der Waals surface area (Å²) >= 11 is 1.35. The van der Waals surface area contributed by atoms with E-state index >= 15 is 0 Å². The van der Waals surface area contributed by atoms with Gasteiger partial charge in [0.1, 0.15) is 11.4 Å². The molecule has 0 unspecified atom stereocenters. The molecule has 2 aliphatic rings. The number of aromatic nitrogens is 2. The van der Waals surface area contributed by atoms with Gasteiger partial charge in [-0.2, -0.15) is 4.98 Å². The molecule has 2 saturated heterocycles. The molecule has 0 spiro atoms. The van der Waals surface area contributed by atoms with Crippen LogP contribution in [0.1, 0.15) is 21.1 Å². The molecule has 4 heterocycles.